The second-order valence-corrected chi connectivity index (χ2v) is 7.31. The molecule has 1 aromatic rings. The maximum Gasteiger partial charge on any atom is 0.0233 e. The summed E-state index contributed by atoms with van der Waals surface area (Å²) in [5, 5.41) is 3.86. The van der Waals surface area contributed by atoms with E-state index in [9.17, 15) is 0 Å². The van der Waals surface area contributed by atoms with Gasteiger partial charge in [0.1, 0.15) is 0 Å². The molecule has 1 unspecified atom stereocenters. The average molecular weight is 308 g/mol. The largest absolute Gasteiger partial charge is 0.312 e. The lowest BCUT2D eigenvalue weighted by molar-refractivity contribution is 0.262. The second kappa shape index (κ2) is 7.02. The highest BCUT2D eigenvalue weighted by molar-refractivity contribution is 5.33. The molecule has 3 aliphatic rings. The van der Waals surface area contributed by atoms with Crippen LogP contribution >= 0.6 is 0 Å². The van der Waals surface area contributed by atoms with Gasteiger partial charge in [-0.15, -0.1) is 0 Å². The Balaban J connectivity index is 1.29. The van der Waals surface area contributed by atoms with E-state index in [0.717, 1.165) is 19.1 Å². The van der Waals surface area contributed by atoms with Crippen LogP contribution in [0.5, 0.6) is 0 Å². The molecular weight excluding hydrogens is 280 g/mol. The molecule has 2 nitrogen and oxygen atoms in total. The van der Waals surface area contributed by atoms with Crippen molar-refractivity contribution in [2.45, 2.75) is 50.6 Å². The fourth-order valence-corrected chi connectivity index (χ4v) is 4.36. The second-order valence-electron chi connectivity index (χ2n) is 7.31. The van der Waals surface area contributed by atoms with Crippen molar-refractivity contribution in [2.75, 3.05) is 19.6 Å². The third kappa shape index (κ3) is 3.59. The van der Waals surface area contributed by atoms with Crippen LogP contribution in [0.15, 0.2) is 48.1 Å². The Morgan fingerprint density at radius 1 is 1.09 bits per heavy atom. The van der Waals surface area contributed by atoms with E-state index in [1.165, 1.54) is 50.6 Å². The molecule has 122 valence electrons. The lowest BCUT2D eigenvalue weighted by Crippen LogP contribution is -2.42. The van der Waals surface area contributed by atoms with E-state index in [4.69, 9.17) is 0 Å². The van der Waals surface area contributed by atoms with Gasteiger partial charge in [-0.1, -0.05) is 42.5 Å². The number of fused-ring (bicyclic) bond motifs is 1. The number of nitrogens with zero attached hydrogens (tertiary/aromatic N) is 1. The molecule has 1 heterocycles. The van der Waals surface area contributed by atoms with Gasteiger partial charge in [-0.05, 0) is 61.8 Å². The van der Waals surface area contributed by atoms with E-state index in [0.29, 0.717) is 6.04 Å². The first-order chi connectivity index (χ1) is 11.4. The highest BCUT2D eigenvalue weighted by atomic mass is 15.2. The Hall–Kier alpha value is -1.38. The number of likely N-dealkylation sites (tertiary alicyclic amines) is 1. The first-order valence-corrected chi connectivity index (χ1v) is 9.28. The van der Waals surface area contributed by atoms with Crippen LogP contribution in [0.25, 0.3) is 0 Å². The predicted molar refractivity (Wildman–Crippen MR) is 96.7 cm³/mol. The minimum Gasteiger partial charge on any atom is -0.312 e. The topological polar surface area (TPSA) is 15.3 Å². The molecule has 23 heavy (non-hydrogen) atoms. The summed E-state index contributed by atoms with van der Waals surface area (Å²) >= 11 is 0. The summed E-state index contributed by atoms with van der Waals surface area (Å²) < 4.78 is 0. The van der Waals surface area contributed by atoms with Gasteiger partial charge in [0.05, 0.1) is 0 Å². The van der Waals surface area contributed by atoms with Crippen molar-refractivity contribution in [2.24, 2.45) is 0 Å². The van der Waals surface area contributed by atoms with Gasteiger partial charge in [-0.25, -0.2) is 0 Å². The molecule has 0 saturated carbocycles. The zero-order chi connectivity index (χ0) is 15.5. The first kappa shape index (κ1) is 15.2. The maximum absolute atomic E-state index is 3.86. The van der Waals surface area contributed by atoms with Gasteiger partial charge in [0.15, 0.2) is 0 Å². The zero-order valence-corrected chi connectivity index (χ0v) is 14.0. The Labute approximate surface area is 140 Å². The van der Waals surface area contributed by atoms with Gasteiger partial charge in [-0.3, -0.25) is 4.90 Å². The molecule has 0 aromatic heterocycles. The normalized spacial score (nSPS) is 24.9. The van der Waals surface area contributed by atoms with Crippen molar-refractivity contribution in [1.29, 1.82) is 0 Å². The molecule has 0 radical (unpaired) electrons. The number of allylic oxidation sites excluding steroid dienone is 2. The quantitative estimate of drug-likeness (QED) is 0.896. The summed E-state index contributed by atoms with van der Waals surface area (Å²) in [6.07, 6.45) is 14.6. The van der Waals surface area contributed by atoms with Crippen LogP contribution in [0.1, 0.15) is 36.8 Å². The minimum atomic E-state index is 0.642. The number of benzene rings is 1. The van der Waals surface area contributed by atoms with Crippen molar-refractivity contribution < 1.29 is 0 Å². The molecule has 0 spiro atoms. The van der Waals surface area contributed by atoms with Gasteiger partial charge in [0.2, 0.25) is 0 Å². The van der Waals surface area contributed by atoms with Crippen LogP contribution < -0.4 is 5.32 Å². The van der Waals surface area contributed by atoms with Crippen molar-refractivity contribution in [1.82, 2.24) is 10.2 Å². The molecule has 0 bridgehead atoms. The minimum absolute atomic E-state index is 0.642. The van der Waals surface area contributed by atoms with Crippen molar-refractivity contribution >= 4 is 0 Å². The summed E-state index contributed by atoms with van der Waals surface area (Å²) in [5.74, 6) is 0. The van der Waals surface area contributed by atoms with Crippen LogP contribution in [0.3, 0.4) is 0 Å². The number of rotatable bonds is 5. The third-order valence-corrected chi connectivity index (χ3v) is 5.65. The highest BCUT2D eigenvalue weighted by Crippen LogP contribution is 2.23. The molecule has 1 aromatic carbocycles. The summed E-state index contributed by atoms with van der Waals surface area (Å²) in [7, 11) is 0. The van der Waals surface area contributed by atoms with Crippen LogP contribution in [-0.2, 0) is 12.8 Å². The fraction of sp³-hybridized carbons (Fsp3) is 0.524. The monoisotopic (exact) mass is 308 g/mol. The van der Waals surface area contributed by atoms with Crippen molar-refractivity contribution in [3.63, 3.8) is 0 Å². The predicted octanol–water partition coefficient (Wildman–Crippen LogP) is 3.48. The van der Waals surface area contributed by atoms with Crippen LogP contribution in [0.4, 0.5) is 0 Å². The Morgan fingerprint density at radius 2 is 1.91 bits per heavy atom. The molecule has 1 N–H and O–H groups in total. The van der Waals surface area contributed by atoms with E-state index < -0.39 is 0 Å². The summed E-state index contributed by atoms with van der Waals surface area (Å²) in [4.78, 5) is 2.69. The van der Waals surface area contributed by atoms with Gasteiger partial charge in [-0.2, -0.15) is 0 Å². The van der Waals surface area contributed by atoms with E-state index in [2.05, 4.69) is 52.7 Å². The summed E-state index contributed by atoms with van der Waals surface area (Å²) in [6.45, 7) is 3.56. The fourth-order valence-electron chi connectivity index (χ4n) is 4.36. The number of hydrogen-bond acceptors (Lipinski definition) is 2. The summed E-state index contributed by atoms with van der Waals surface area (Å²) in [5.41, 5.74) is 4.62. The SMILES string of the molecule is C1=CC(CN2CCCC2CNC2Cc3ccccc3C2)=CCC1. The smallest absolute Gasteiger partial charge is 0.0233 e. The molecule has 1 aliphatic heterocycles. The zero-order valence-electron chi connectivity index (χ0n) is 14.0. The molecule has 1 atom stereocenters. The maximum atomic E-state index is 3.86. The highest BCUT2D eigenvalue weighted by Gasteiger charge is 2.27. The van der Waals surface area contributed by atoms with Crippen molar-refractivity contribution in [3.8, 4) is 0 Å². The molecule has 4 rings (SSSR count). The first-order valence-electron chi connectivity index (χ1n) is 9.28. The van der Waals surface area contributed by atoms with Crippen molar-refractivity contribution in [3.05, 3.63) is 59.2 Å². The van der Waals surface area contributed by atoms with Crippen LogP contribution in [0, 0.1) is 0 Å². The summed E-state index contributed by atoms with van der Waals surface area (Å²) in [6, 6.07) is 10.3. The van der Waals surface area contributed by atoms with Gasteiger partial charge < -0.3 is 5.32 Å². The van der Waals surface area contributed by atoms with Gasteiger partial charge in [0.25, 0.3) is 0 Å². The van der Waals surface area contributed by atoms with Gasteiger partial charge >= 0.3 is 0 Å². The molecule has 2 heteroatoms. The number of nitrogens with one attached hydrogen (secondary N) is 1. The van der Waals surface area contributed by atoms with E-state index in [1.54, 1.807) is 11.1 Å². The average Bonchev–Trinajstić information content (AvgIpc) is 3.20. The molecule has 1 fully saturated rings. The van der Waals surface area contributed by atoms with E-state index >= 15 is 0 Å². The lowest BCUT2D eigenvalue weighted by Gasteiger charge is -2.27. The number of hydrogen-bond donors (Lipinski definition) is 1. The molecule has 0 amide bonds. The van der Waals surface area contributed by atoms with E-state index in [-0.39, 0.29) is 0 Å². The molecule has 1 saturated heterocycles. The lowest BCUT2D eigenvalue weighted by atomic mass is 10.1. The third-order valence-electron chi connectivity index (χ3n) is 5.65. The van der Waals surface area contributed by atoms with Gasteiger partial charge in [0, 0.05) is 25.2 Å². The molecular formula is C21H28N2. The Morgan fingerprint density at radius 3 is 2.65 bits per heavy atom. The Bertz CT molecular complexity index is 577. The Kier molecular flexibility index (Phi) is 4.63. The van der Waals surface area contributed by atoms with Crippen LogP contribution in [-0.4, -0.2) is 36.6 Å². The van der Waals surface area contributed by atoms with E-state index in [1.807, 2.05) is 0 Å². The van der Waals surface area contributed by atoms with Crippen LogP contribution in [0.2, 0.25) is 0 Å². The standard InChI is InChI=1S/C21H28N2/c1-2-7-17(8-3-1)16-23-12-6-11-21(23)15-22-20-13-18-9-4-5-10-19(18)14-20/h2,4-5,7-10,20-22H,1,3,6,11-16H2. The molecule has 2 aliphatic carbocycles.